The molecule has 7 nitrogen and oxygen atoms in total. The van der Waals surface area contributed by atoms with Crippen molar-refractivity contribution in [2.75, 3.05) is 0 Å². The fourth-order valence-corrected chi connectivity index (χ4v) is 2.67. The molecule has 2 aromatic rings. The molecule has 2 rings (SSSR count). The number of nitrogens with zero attached hydrogens (tertiary/aromatic N) is 3. The average Bonchev–Trinajstić information content (AvgIpc) is 2.85. The number of nitrogens with one attached hydrogen (secondary N) is 1. The maximum Gasteiger partial charge on any atom is 0.326 e. The largest absolute Gasteiger partial charge is 0.480 e. The molecule has 0 aliphatic heterocycles. The predicted molar refractivity (Wildman–Crippen MR) is 89.8 cm³/mol. The van der Waals surface area contributed by atoms with Gasteiger partial charge >= 0.3 is 5.97 Å². The van der Waals surface area contributed by atoms with Crippen molar-refractivity contribution in [2.45, 2.75) is 26.8 Å². The van der Waals surface area contributed by atoms with Gasteiger partial charge in [0, 0.05) is 0 Å². The van der Waals surface area contributed by atoms with E-state index in [1.165, 1.54) is 4.68 Å². The molecule has 1 aromatic heterocycles. The predicted octanol–water partition coefficient (Wildman–Crippen LogP) is 2.72. The number of aliphatic carboxylic acids is 1. The van der Waals surface area contributed by atoms with E-state index in [0.29, 0.717) is 21.6 Å². The Morgan fingerprint density at radius 1 is 1.25 bits per heavy atom. The number of aryl methyl sites for hydroxylation is 1. The Labute approximate surface area is 148 Å². The molecule has 9 heteroatoms. The van der Waals surface area contributed by atoms with E-state index in [9.17, 15) is 9.59 Å². The van der Waals surface area contributed by atoms with Crippen molar-refractivity contribution in [1.29, 1.82) is 0 Å². The molecule has 128 valence electrons. The summed E-state index contributed by atoms with van der Waals surface area (Å²) < 4.78 is 1.35. The van der Waals surface area contributed by atoms with Gasteiger partial charge in [0.1, 0.15) is 17.6 Å². The summed E-state index contributed by atoms with van der Waals surface area (Å²) in [7, 11) is 0. The van der Waals surface area contributed by atoms with E-state index in [1.807, 2.05) is 0 Å². The van der Waals surface area contributed by atoms with Crippen LogP contribution in [0.25, 0.3) is 5.69 Å². The number of para-hydroxylation sites is 1. The van der Waals surface area contributed by atoms with E-state index in [2.05, 4.69) is 15.4 Å². The third kappa shape index (κ3) is 3.68. The molecule has 1 aromatic carbocycles. The molecule has 0 unspecified atom stereocenters. The third-order valence-electron chi connectivity index (χ3n) is 3.34. The zero-order chi connectivity index (χ0) is 18.0. The second-order valence-corrected chi connectivity index (χ2v) is 6.31. The summed E-state index contributed by atoms with van der Waals surface area (Å²) in [6.45, 7) is 5.03. The van der Waals surface area contributed by atoms with Gasteiger partial charge in [-0.15, -0.1) is 5.10 Å². The maximum absolute atomic E-state index is 12.3. The van der Waals surface area contributed by atoms with Gasteiger partial charge in [-0.05, 0) is 25.0 Å². The first kappa shape index (κ1) is 18.2. The fourth-order valence-electron chi connectivity index (χ4n) is 2.11. The highest BCUT2D eigenvalue weighted by molar-refractivity contribution is 6.37. The number of benzene rings is 1. The number of carbonyl (C=O) groups is 2. The molecule has 0 spiro atoms. The van der Waals surface area contributed by atoms with Crippen LogP contribution < -0.4 is 5.32 Å². The van der Waals surface area contributed by atoms with Crippen molar-refractivity contribution in [3.05, 3.63) is 39.9 Å². The van der Waals surface area contributed by atoms with Crippen molar-refractivity contribution in [3.63, 3.8) is 0 Å². The third-order valence-corrected chi connectivity index (χ3v) is 3.95. The smallest absolute Gasteiger partial charge is 0.326 e. The lowest BCUT2D eigenvalue weighted by Crippen LogP contribution is -2.44. The molecule has 24 heavy (non-hydrogen) atoms. The van der Waals surface area contributed by atoms with Gasteiger partial charge in [0.2, 0.25) is 5.82 Å². The van der Waals surface area contributed by atoms with Gasteiger partial charge in [-0.1, -0.05) is 43.1 Å². The SMILES string of the molecule is Cc1nc(C(=O)N[C@H](C(=O)O)C(C)C)nn1-c1c(Cl)cccc1Cl. The Hall–Kier alpha value is -2.12. The van der Waals surface area contributed by atoms with Crippen molar-refractivity contribution < 1.29 is 14.7 Å². The number of aromatic nitrogens is 3. The standard InChI is InChI=1S/C15H16Cl2N4O3/c1-7(2)11(15(23)24)19-14(22)13-18-8(3)21(20-13)12-9(16)5-4-6-10(12)17/h4-7,11H,1-3H3,(H,19,22)(H,23,24)/t11-/m0/s1. The summed E-state index contributed by atoms with van der Waals surface area (Å²) in [5, 5.41) is 16.4. The van der Waals surface area contributed by atoms with Gasteiger partial charge in [-0.3, -0.25) is 4.79 Å². The molecule has 0 saturated heterocycles. The molecule has 1 amide bonds. The van der Waals surface area contributed by atoms with E-state index in [0.717, 1.165) is 0 Å². The molecule has 0 radical (unpaired) electrons. The molecular weight excluding hydrogens is 355 g/mol. The van der Waals surface area contributed by atoms with Crippen LogP contribution >= 0.6 is 23.2 Å². The van der Waals surface area contributed by atoms with Gasteiger partial charge in [0.15, 0.2) is 0 Å². The van der Waals surface area contributed by atoms with Crippen LogP contribution in [0.4, 0.5) is 0 Å². The summed E-state index contributed by atoms with van der Waals surface area (Å²) in [5.74, 6) is -1.85. The fraction of sp³-hybridized carbons (Fsp3) is 0.333. The minimum Gasteiger partial charge on any atom is -0.480 e. The number of hydrogen-bond acceptors (Lipinski definition) is 4. The molecule has 0 saturated carbocycles. The summed E-state index contributed by atoms with van der Waals surface area (Å²) in [5.41, 5.74) is 0.406. The van der Waals surface area contributed by atoms with Crippen molar-refractivity contribution in [1.82, 2.24) is 20.1 Å². The normalized spacial score (nSPS) is 12.2. The minimum absolute atomic E-state index is 0.157. The van der Waals surface area contributed by atoms with E-state index in [1.54, 1.807) is 39.0 Å². The molecular formula is C15H16Cl2N4O3. The summed E-state index contributed by atoms with van der Waals surface area (Å²) >= 11 is 12.3. The first-order valence-corrected chi connectivity index (χ1v) is 7.89. The highest BCUT2D eigenvalue weighted by Crippen LogP contribution is 2.28. The van der Waals surface area contributed by atoms with E-state index in [-0.39, 0.29) is 11.7 Å². The van der Waals surface area contributed by atoms with Crippen LogP contribution in [-0.4, -0.2) is 37.8 Å². The topological polar surface area (TPSA) is 97.1 Å². The van der Waals surface area contributed by atoms with Crippen molar-refractivity contribution in [2.24, 2.45) is 5.92 Å². The Morgan fingerprint density at radius 2 is 1.83 bits per heavy atom. The van der Waals surface area contributed by atoms with E-state index in [4.69, 9.17) is 28.3 Å². The Morgan fingerprint density at radius 3 is 2.33 bits per heavy atom. The zero-order valence-electron chi connectivity index (χ0n) is 13.2. The van der Waals surface area contributed by atoms with Crippen LogP contribution in [0.1, 0.15) is 30.3 Å². The molecule has 2 N–H and O–H groups in total. The lowest BCUT2D eigenvalue weighted by atomic mass is 10.1. The molecule has 0 bridgehead atoms. The van der Waals surface area contributed by atoms with E-state index >= 15 is 0 Å². The lowest BCUT2D eigenvalue weighted by Gasteiger charge is -2.16. The zero-order valence-corrected chi connectivity index (χ0v) is 14.8. The molecule has 0 fully saturated rings. The number of rotatable bonds is 5. The average molecular weight is 371 g/mol. The monoisotopic (exact) mass is 370 g/mol. The van der Waals surface area contributed by atoms with Gasteiger partial charge in [0.25, 0.3) is 5.91 Å². The number of halogens is 2. The number of hydrogen-bond donors (Lipinski definition) is 2. The number of carbonyl (C=O) groups excluding carboxylic acids is 1. The quantitative estimate of drug-likeness (QED) is 0.842. The van der Waals surface area contributed by atoms with Crippen molar-refractivity contribution >= 4 is 35.1 Å². The summed E-state index contributed by atoms with van der Waals surface area (Å²) in [6, 6.07) is 3.94. The first-order valence-electron chi connectivity index (χ1n) is 7.14. The van der Waals surface area contributed by atoms with Crippen LogP contribution in [0.5, 0.6) is 0 Å². The molecule has 1 heterocycles. The number of carboxylic acid groups (broad SMARTS) is 1. The molecule has 0 aliphatic rings. The lowest BCUT2D eigenvalue weighted by molar-refractivity contribution is -0.140. The molecule has 0 aliphatic carbocycles. The number of amides is 1. The van der Waals surface area contributed by atoms with Crippen LogP contribution in [0.2, 0.25) is 10.0 Å². The summed E-state index contributed by atoms with van der Waals surface area (Å²) in [4.78, 5) is 27.5. The van der Waals surface area contributed by atoms with Gasteiger partial charge in [0.05, 0.1) is 10.0 Å². The highest BCUT2D eigenvalue weighted by Gasteiger charge is 2.26. The van der Waals surface area contributed by atoms with Gasteiger partial charge < -0.3 is 10.4 Å². The van der Waals surface area contributed by atoms with Crippen LogP contribution in [0.15, 0.2) is 18.2 Å². The van der Waals surface area contributed by atoms with Gasteiger partial charge in [-0.2, -0.15) is 0 Å². The van der Waals surface area contributed by atoms with Crippen LogP contribution in [0.3, 0.4) is 0 Å². The Balaban J connectivity index is 2.35. The first-order chi connectivity index (χ1) is 11.2. The second-order valence-electron chi connectivity index (χ2n) is 5.50. The molecule has 1 atom stereocenters. The highest BCUT2D eigenvalue weighted by atomic mass is 35.5. The Kier molecular flexibility index (Phi) is 5.46. The second kappa shape index (κ2) is 7.19. The Bertz CT molecular complexity index is 769. The minimum atomic E-state index is -1.12. The van der Waals surface area contributed by atoms with Crippen LogP contribution in [0, 0.1) is 12.8 Å². The summed E-state index contributed by atoms with van der Waals surface area (Å²) in [6.07, 6.45) is 0. The van der Waals surface area contributed by atoms with Crippen molar-refractivity contribution in [3.8, 4) is 5.69 Å². The van der Waals surface area contributed by atoms with Crippen LogP contribution in [-0.2, 0) is 4.79 Å². The van der Waals surface area contributed by atoms with Gasteiger partial charge in [-0.25, -0.2) is 14.5 Å². The maximum atomic E-state index is 12.3. The van der Waals surface area contributed by atoms with E-state index < -0.39 is 17.9 Å². The number of carboxylic acids is 1.